The first kappa shape index (κ1) is 16.9. The van der Waals surface area contributed by atoms with Gasteiger partial charge in [0, 0.05) is 31.0 Å². The van der Waals surface area contributed by atoms with E-state index in [-0.39, 0.29) is 11.9 Å². The molecule has 5 nitrogen and oxygen atoms in total. The first-order valence-corrected chi connectivity index (χ1v) is 9.77. The van der Waals surface area contributed by atoms with Crippen molar-refractivity contribution in [3.8, 4) is 0 Å². The fraction of sp³-hybridized carbons (Fsp3) is 0.261. The van der Waals surface area contributed by atoms with E-state index in [0.29, 0.717) is 18.2 Å². The van der Waals surface area contributed by atoms with E-state index in [1.165, 1.54) is 16.7 Å². The number of aromatic nitrogens is 2. The fourth-order valence-electron chi connectivity index (χ4n) is 4.28. The van der Waals surface area contributed by atoms with Gasteiger partial charge >= 0.3 is 0 Å². The molecule has 0 spiro atoms. The predicted molar refractivity (Wildman–Crippen MR) is 109 cm³/mol. The molecule has 1 aromatic heterocycles. The minimum absolute atomic E-state index is 0.0294. The lowest BCUT2D eigenvalue weighted by Gasteiger charge is -2.29. The van der Waals surface area contributed by atoms with E-state index in [0.717, 1.165) is 25.1 Å². The predicted octanol–water partition coefficient (Wildman–Crippen LogP) is 3.76. The normalized spacial score (nSPS) is 18.0. The highest BCUT2D eigenvalue weighted by molar-refractivity contribution is 5.92. The van der Waals surface area contributed by atoms with Crippen LogP contribution in [0, 0.1) is 0 Å². The third-order valence-electron chi connectivity index (χ3n) is 5.70. The number of carbonyl (C=O) groups excluding carboxylic acids is 1. The average Bonchev–Trinajstić information content (AvgIpc) is 3.08. The molecule has 2 aliphatic rings. The van der Waals surface area contributed by atoms with Crippen molar-refractivity contribution in [3.63, 3.8) is 0 Å². The van der Waals surface area contributed by atoms with Crippen LogP contribution in [0.15, 0.2) is 60.8 Å². The molecule has 140 valence electrons. The number of carbonyl (C=O) groups is 1. The Morgan fingerprint density at radius 3 is 2.61 bits per heavy atom. The van der Waals surface area contributed by atoms with E-state index in [1.807, 2.05) is 17.0 Å². The number of hydrogen-bond acceptors (Lipinski definition) is 4. The van der Waals surface area contributed by atoms with Crippen molar-refractivity contribution in [2.45, 2.75) is 32.4 Å². The van der Waals surface area contributed by atoms with Gasteiger partial charge in [-0.1, -0.05) is 42.5 Å². The first-order chi connectivity index (χ1) is 13.7. The van der Waals surface area contributed by atoms with Crippen molar-refractivity contribution in [1.82, 2.24) is 14.9 Å². The first-order valence-electron chi connectivity index (χ1n) is 9.77. The third kappa shape index (κ3) is 2.83. The topological polar surface area (TPSA) is 49.3 Å². The standard InChI is InChI=1S/C23H22N4O/c1-16-14-18-7-4-5-9-21(18)27(16)23-24-12-10-20(25-23)22(28)26-13-11-17-6-2-3-8-19(17)15-26/h2-10,12,16H,11,13-15H2,1H3. The van der Waals surface area contributed by atoms with E-state index in [1.54, 1.807) is 12.3 Å². The van der Waals surface area contributed by atoms with Crippen LogP contribution in [-0.4, -0.2) is 33.4 Å². The van der Waals surface area contributed by atoms with Gasteiger partial charge in [0.05, 0.1) is 0 Å². The molecule has 0 radical (unpaired) electrons. The van der Waals surface area contributed by atoms with Crippen molar-refractivity contribution in [2.24, 2.45) is 0 Å². The van der Waals surface area contributed by atoms with Crippen LogP contribution in [0.1, 0.15) is 34.1 Å². The van der Waals surface area contributed by atoms with E-state index in [4.69, 9.17) is 0 Å². The third-order valence-corrected chi connectivity index (χ3v) is 5.70. The molecule has 0 N–H and O–H groups in total. The van der Waals surface area contributed by atoms with Crippen LogP contribution < -0.4 is 4.90 Å². The Bertz CT molecular complexity index is 1050. The molecule has 28 heavy (non-hydrogen) atoms. The van der Waals surface area contributed by atoms with Gasteiger partial charge in [-0.3, -0.25) is 4.79 Å². The van der Waals surface area contributed by atoms with Crippen LogP contribution in [0.4, 0.5) is 11.6 Å². The Hall–Kier alpha value is -3.21. The summed E-state index contributed by atoms with van der Waals surface area (Å²) in [5, 5.41) is 0. The quantitative estimate of drug-likeness (QED) is 0.689. The Balaban J connectivity index is 1.43. The van der Waals surface area contributed by atoms with Crippen molar-refractivity contribution in [1.29, 1.82) is 0 Å². The molecule has 0 saturated heterocycles. The minimum atomic E-state index is -0.0294. The molecule has 0 saturated carbocycles. The lowest BCUT2D eigenvalue weighted by atomic mass is 10.00. The summed E-state index contributed by atoms with van der Waals surface area (Å²) in [6.07, 6.45) is 3.54. The van der Waals surface area contributed by atoms with Gasteiger partial charge in [0.25, 0.3) is 5.91 Å². The lowest BCUT2D eigenvalue weighted by Crippen LogP contribution is -2.36. The SMILES string of the molecule is CC1Cc2ccccc2N1c1nccc(C(=O)N2CCc3ccccc3C2)n1. The Morgan fingerprint density at radius 2 is 1.75 bits per heavy atom. The molecule has 1 atom stereocenters. The number of fused-ring (bicyclic) bond motifs is 2. The smallest absolute Gasteiger partial charge is 0.272 e. The largest absolute Gasteiger partial charge is 0.333 e. The molecule has 5 heteroatoms. The molecule has 0 aliphatic carbocycles. The van der Waals surface area contributed by atoms with Gasteiger partial charge in [-0.15, -0.1) is 0 Å². The highest BCUT2D eigenvalue weighted by Gasteiger charge is 2.30. The fourth-order valence-corrected chi connectivity index (χ4v) is 4.28. The summed E-state index contributed by atoms with van der Waals surface area (Å²) in [5.74, 6) is 0.569. The Labute approximate surface area is 164 Å². The van der Waals surface area contributed by atoms with Gasteiger partial charge in [-0.2, -0.15) is 0 Å². The highest BCUT2D eigenvalue weighted by Crippen LogP contribution is 2.36. The summed E-state index contributed by atoms with van der Waals surface area (Å²) in [4.78, 5) is 26.3. The van der Waals surface area contributed by atoms with Crippen LogP contribution >= 0.6 is 0 Å². The van der Waals surface area contributed by atoms with E-state index in [9.17, 15) is 4.79 Å². The maximum absolute atomic E-state index is 13.1. The second-order valence-corrected chi connectivity index (χ2v) is 7.54. The summed E-state index contributed by atoms with van der Waals surface area (Å²) in [7, 11) is 0. The Kier molecular flexibility index (Phi) is 4.08. The van der Waals surface area contributed by atoms with Gasteiger partial charge in [0.2, 0.25) is 5.95 Å². The van der Waals surface area contributed by atoms with Crippen LogP contribution in [0.3, 0.4) is 0 Å². The summed E-state index contributed by atoms with van der Waals surface area (Å²) in [6, 6.07) is 18.7. The van der Waals surface area contributed by atoms with Gasteiger partial charge in [-0.05, 0) is 48.6 Å². The maximum atomic E-state index is 13.1. The van der Waals surface area contributed by atoms with E-state index < -0.39 is 0 Å². The van der Waals surface area contributed by atoms with Crippen LogP contribution in [-0.2, 0) is 19.4 Å². The molecule has 0 fully saturated rings. The number of para-hydroxylation sites is 1. The van der Waals surface area contributed by atoms with Crippen molar-refractivity contribution in [2.75, 3.05) is 11.4 Å². The zero-order valence-electron chi connectivity index (χ0n) is 15.9. The molecule has 2 aromatic carbocycles. The summed E-state index contributed by atoms with van der Waals surface area (Å²) < 4.78 is 0. The molecular weight excluding hydrogens is 348 g/mol. The zero-order valence-corrected chi connectivity index (χ0v) is 15.9. The minimum Gasteiger partial charge on any atom is -0.333 e. The maximum Gasteiger partial charge on any atom is 0.272 e. The number of amides is 1. The molecular formula is C23H22N4O. The van der Waals surface area contributed by atoms with Gasteiger partial charge in [0.1, 0.15) is 5.69 Å². The summed E-state index contributed by atoms with van der Waals surface area (Å²) in [6.45, 7) is 3.52. The Morgan fingerprint density at radius 1 is 1.00 bits per heavy atom. The lowest BCUT2D eigenvalue weighted by molar-refractivity contribution is 0.0728. The number of hydrogen-bond donors (Lipinski definition) is 0. The molecule has 2 aliphatic heterocycles. The van der Waals surface area contributed by atoms with E-state index in [2.05, 4.69) is 58.2 Å². The second kappa shape index (κ2) is 6.75. The number of rotatable bonds is 2. The average molecular weight is 370 g/mol. The molecule has 5 rings (SSSR count). The van der Waals surface area contributed by atoms with Gasteiger partial charge < -0.3 is 9.80 Å². The monoisotopic (exact) mass is 370 g/mol. The zero-order chi connectivity index (χ0) is 19.1. The number of nitrogens with zero attached hydrogens (tertiary/aromatic N) is 4. The van der Waals surface area contributed by atoms with Crippen LogP contribution in [0.25, 0.3) is 0 Å². The molecule has 1 unspecified atom stereocenters. The molecule has 1 amide bonds. The number of benzene rings is 2. The van der Waals surface area contributed by atoms with Gasteiger partial charge in [-0.25, -0.2) is 9.97 Å². The second-order valence-electron chi connectivity index (χ2n) is 7.54. The molecule has 3 heterocycles. The van der Waals surface area contributed by atoms with Crippen LogP contribution in [0.2, 0.25) is 0 Å². The molecule has 3 aromatic rings. The van der Waals surface area contributed by atoms with Crippen LogP contribution in [0.5, 0.6) is 0 Å². The molecule has 0 bridgehead atoms. The van der Waals surface area contributed by atoms with Crippen molar-refractivity contribution in [3.05, 3.63) is 83.2 Å². The van der Waals surface area contributed by atoms with E-state index >= 15 is 0 Å². The van der Waals surface area contributed by atoms with Crippen molar-refractivity contribution < 1.29 is 4.79 Å². The number of anilines is 2. The summed E-state index contributed by atoms with van der Waals surface area (Å²) >= 11 is 0. The highest BCUT2D eigenvalue weighted by atomic mass is 16.2. The summed E-state index contributed by atoms with van der Waals surface area (Å²) in [5.41, 5.74) is 5.44. The van der Waals surface area contributed by atoms with Crippen molar-refractivity contribution >= 4 is 17.5 Å². The van der Waals surface area contributed by atoms with Gasteiger partial charge in [0.15, 0.2) is 0 Å².